The number of hydrogen-bond acceptors (Lipinski definition) is 2. The lowest BCUT2D eigenvalue weighted by Crippen LogP contribution is -2.52. The first-order chi connectivity index (χ1) is 7.67. The molecular weight excluding hydrogens is 204 g/mol. The maximum Gasteiger partial charge on any atom is 0.243 e. The average molecular weight is 222 g/mol. The smallest absolute Gasteiger partial charge is 0.243 e. The van der Waals surface area contributed by atoms with Crippen molar-refractivity contribution < 1.29 is 9.59 Å². The highest BCUT2D eigenvalue weighted by Gasteiger charge is 2.26. The number of rotatable bonds is 4. The summed E-state index contributed by atoms with van der Waals surface area (Å²) in [6.45, 7) is 6.83. The molecule has 1 aliphatic carbocycles. The molecule has 1 saturated carbocycles. The van der Waals surface area contributed by atoms with Gasteiger partial charge >= 0.3 is 0 Å². The lowest BCUT2D eigenvalue weighted by atomic mass is 9.90. The second-order valence-electron chi connectivity index (χ2n) is 3.92. The van der Waals surface area contributed by atoms with Crippen LogP contribution in [0.2, 0.25) is 0 Å². The van der Waals surface area contributed by atoms with Gasteiger partial charge in [0.2, 0.25) is 11.8 Å². The van der Waals surface area contributed by atoms with Gasteiger partial charge in [-0.2, -0.15) is 0 Å². The summed E-state index contributed by atoms with van der Waals surface area (Å²) in [5, 5.41) is 5.68. The summed E-state index contributed by atoms with van der Waals surface area (Å²) in [6, 6.07) is 0.00583. The molecule has 2 unspecified atom stereocenters. The number of hydrogen-bond donors (Lipinski definition) is 2. The Bertz CT molecular complexity index is 269. The normalized spacial score (nSPS) is 24.2. The highest BCUT2D eigenvalue weighted by Crippen LogP contribution is 2.18. The number of nitrogens with one attached hydrogen (secondary N) is 2. The van der Waals surface area contributed by atoms with E-state index >= 15 is 0 Å². The predicted octanol–water partition coefficient (Wildman–Crippen LogP) is 0.902. The maximum absolute atomic E-state index is 11.2. The molecule has 0 spiro atoms. The van der Waals surface area contributed by atoms with Crippen molar-refractivity contribution >= 4 is 11.8 Å². The first-order valence-corrected chi connectivity index (χ1v) is 5.53. The predicted molar refractivity (Wildman–Crippen MR) is 62.7 cm³/mol. The molecule has 16 heavy (non-hydrogen) atoms. The molecule has 0 bridgehead atoms. The Morgan fingerprint density at radius 3 is 1.62 bits per heavy atom. The van der Waals surface area contributed by atoms with Crippen LogP contribution in [0.4, 0.5) is 0 Å². The Morgan fingerprint density at radius 2 is 1.31 bits per heavy atom. The minimum Gasteiger partial charge on any atom is -0.348 e. The van der Waals surface area contributed by atoms with Crippen LogP contribution in [0.25, 0.3) is 0 Å². The van der Waals surface area contributed by atoms with E-state index in [4.69, 9.17) is 0 Å². The summed E-state index contributed by atoms with van der Waals surface area (Å²) in [7, 11) is 0. The topological polar surface area (TPSA) is 58.2 Å². The van der Waals surface area contributed by atoms with Gasteiger partial charge in [0.25, 0.3) is 0 Å². The van der Waals surface area contributed by atoms with Gasteiger partial charge in [-0.15, -0.1) is 0 Å². The largest absolute Gasteiger partial charge is 0.348 e. The molecule has 0 radical (unpaired) electrons. The van der Waals surface area contributed by atoms with Crippen molar-refractivity contribution in [3.63, 3.8) is 0 Å². The number of amides is 2. The third kappa shape index (κ3) is 3.53. The van der Waals surface area contributed by atoms with E-state index in [0.29, 0.717) is 0 Å². The number of carbonyl (C=O) groups is 2. The fourth-order valence-corrected chi connectivity index (χ4v) is 1.96. The van der Waals surface area contributed by atoms with Crippen LogP contribution in [0.3, 0.4) is 0 Å². The highest BCUT2D eigenvalue weighted by atomic mass is 16.2. The first-order valence-electron chi connectivity index (χ1n) is 5.53. The van der Waals surface area contributed by atoms with Crippen molar-refractivity contribution in [1.29, 1.82) is 0 Å². The third-order valence-corrected chi connectivity index (χ3v) is 2.79. The van der Waals surface area contributed by atoms with Crippen molar-refractivity contribution in [2.75, 3.05) is 0 Å². The van der Waals surface area contributed by atoms with E-state index in [1.165, 1.54) is 12.2 Å². The zero-order chi connectivity index (χ0) is 12.0. The second-order valence-corrected chi connectivity index (χ2v) is 3.92. The standard InChI is InChI=1S/C12H18N2O2/c1-3-11(15)13-9-7-5-6-8-10(9)14-12(16)4-2/h3-4,9-10H,1-2,5-8H2,(H,13,15)(H,14,16). The van der Waals surface area contributed by atoms with Crippen molar-refractivity contribution in [2.45, 2.75) is 37.8 Å². The molecule has 4 nitrogen and oxygen atoms in total. The summed E-state index contributed by atoms with van der Waals surface area (Å²) in [6.07, 6.45) is 6.43. The van der Waals surface area contributed by atoms with E-state index in [-0.39, 0.29) is 23.9 Å². The molecule has 0 saturated heterocycles. The molecule has 0 aromatic heterocycles. The van der Waals surface area contributed by atoms with Crippen molar-refractivity contribution in [2.24, 2.45) is 0 Å². The molecule has 4 heteroatoms. The van der Waals surface area contributed by atoms with Crippen molar-refractivity contribution in [1.82, 2.24) is 10.6 Å². The molecule has 1 aliphatic rings. The van der Waals surface area contributed by atoms with Gasteiger partial charge in [-0.3, -0.25) is 9.59 Å². The molecular formula is C12H18N2O2. The van der Waals surface area contributed by atoms with Crippen LogP contribution in [-0.4, -0.2) is 23.9 Å². The second kappa shape index (κ2) is 6.10. The SMILES string of the molecule is C=CC(=O)NC1CCCCC1NC(=O)C=C. The zero-order valence-corrected chi connectivity index (χ0v) is 9.37. The van der Waals surface area contributed by atoms with E-state index in [1.807, 2.05) is 0 Å². The summed E-state index contributed by atoms with van der Waals surface area (Å²) in [5.74, 6) is -0.380. The third-order valence-electron chi connectivity index (χ3n) is 2.79. The van der Waals surface area contributed by atoms with E-state index in [0.717, 1.165) is 25.7 Å². The average Bonchev–Trinajstić information content (AvgIpc) is 2.31. The molecule has 0 heterocycles. The number of carbonyl (C=O) groups excluding carboxylic acids is 2. The van der Waals surface area contributed by atoms with Gasteiger partial charge in [0, 0.05) is 12.1 Å². The Balaban J connectivity index is 2.56. The summed E-state index contributed by atoms with van der Waals surface area (Å²) >= 11 is 0. The lowest BCUT2D eigenvalue weighted by Gasteiger charge is -2.32. The van der Waals surface area contributed by atoms with Gasteiger partial charge < -0.3 is 10.6 Å². The zero-order valence-electron chi connectivity index (χ0n) is 9.37. The quantitative estimate of drug-likeness (QED) is 0.694. The van der Waals surface area contributed by atoms with Crippen LogP contribution in [0.15, 0.2) is 25.3 Å². The molecule has 2 N–H and O–H groups in total. The van der Waals surface area contributed by atoms with Crippen LogP contribution < -0.4 is 10.6 Å². The van der Waals surface area contributed by atoms with Gasteiger partial charge in [-0.25, -0.2) is 0 Å². The van der Waals surface area contributed by atoms with E-state index in [9.17, 15) is 9.59 Å². The van der Waals surface area contributed by atoms with E-state index in [2.05, 4.69) is 23.8 Å². The Labute approximate surface area is 95.8 Å². The molecule has 0 aliphatic heterocycles. The Morgan fingerprint density at radius 1 is 0.938 bits per heavy atom. The fraction of sp³-hybridized carbons (Fsp3) is 0.500. The minimum atomic E-state index is -0.190. The summed E-state index contributed by atoms with van der Waals surface area (Å²) in [4.78, 5) is 22.4. The van der Waals surface area contributed by atoms with Crippen LogP contribution in [0, 0.1) is 0 Å². The molecule has 0 aromatic rings. The van der Waals surface area contributed by atoms with Gasteiger partial charge in [0.1, 0.15) is 0 Å². The molecule has 88 valence electrons. The molecule has 2 atom stereocenters. The molecule has 2 amide bonds. The van der Waals surface area contributed by atoms with Crippen LogP contribution in [0.1, 0.15) is 25.7 Å². The lowest BCUT2D eigenvalue weighted by molar-refractivity contribution is -0.120. The van der Waals surface area contributed by atoms with Crippen LogP contribution in [-0.2, 0) is 9.59 Å². The Hall–Kier alpha value is -1.58. The fourth-order valence-electron chi connectivity index (χ4n) is 1.96. The first kappa shape index (κ1) is 12.5. The van der Waals surface area contributed by atoms with Gasteiger partial charge in [0.15, 0.2) is 0 Å². The molecule has 0 aromatic carbocycles. The monoisotopic (exact) mass is 222 g/mol. The van der Waals surface area contributed by atoms with Crippen LogP contribution >= 0.6 is 0 Å². The van der Waals surface area contributed by atoms with Crippen LogP contribution in [0.5, 0.6) is 0 Å². The maximum atomic E-state index is 11.2. The summed E-state index contributed by atoms with van der Waals surface area (Å²) < 4.78 is 0. The molecule has 1 rings (SSSR count). The van der Waals surface area contributed by atoms with Gasteiger partial charge in [0.05, 0.1) is 0 Å². The van der Waals surface area contributed by atoms with E-state index in [1.54, 1.807) is 0 Å². The van der Waals surface area contributed by atoms with E-state index < -0.39 is 0 Å². The minimum absolute atomic E-state index is 0.00292. The van der Waals surface area contributed by atoms with Gasteiger partial charge in [-0.05, 0) is 25.0 Å². The van der Waals surface area contributed by atoms with Crippen molar-refractivity contribution in [3.8, 4) is 0 Å². The van der Waals surface area contributed by atoms with Gasteiger partial charge in [-0.1, -0.05) is 26.0 Å². The van der Waals surface area contributed by atoms with Crippen molar-refractivity contribution in [3.05, 3.63) is 25.3 Å². The Kier molecular flexibility index (Phi) is 4.76. The summed E-state index contributed by atoms with van der Waals surface area (Å²) in [5.41, 5.74) is 0. The molecule has 1 fully saturated rings. The highest BCUT2D eigenvalue weighted by molar-refractivity contribution is 5.88.